The number of rotatable bonds is 1. The van der Waals surface area contributed by atoms with Gasteiger partial charge in [0.1, 0.15) is 0 Å². The molecule has 19 heavy (non-hydrogen) atoms. The van der Waals surface area contributed by atoms with Crippen molar-refractivity contribution in [1.82, 2.24) is 24.9 Å². The van der Waals surface area contributed by atoms with Crippen LogP contribution < -0.4 is 5.32 Å². The molecule has 1 N–H and O–H groups in total. The Balaban J connectivity index is 2.15. The van der Waals surface area contributed by atoms with E-state index in [9.17, 15) is 0 Å². The number of nitrogens with zero attached hydrogens (tertiary/aromatic N) is 4. The quantitative estimate of drug-likeness (QED) is 0.853. The van der Waals surface area contributed by atoms with E-state index in [-0.39, 0.29) is 11.5 Å². The molecule has 1 atom stereocenters. The maximum atomic E-state index is 4.46. The molecule has 0 bridgehead atoms. The van der Waals surface area contributed by atoms with Gasteiger partial charge >= 0.3 is 0 Å². The second kappa shape index (κ2) is 4.27. The van der Waals surface area contributed by atoms with Crippen LogP contribution in [0.1, 0.15) is 49.9 Å². The Morgan fingerprint density at radius 2 is 2.11 bits per heavy atom. The van der Waals surface area contributed by atoms with E-state index >= 15 is 0 Å². The van der Waals surface area contributed by atoms with Gasteiger partial charge in [0.25, 0.3) is 5.78 Å². The maximum Gasteiger partial charge on any atom is 0.255 e. The molecule has 0 aliphatic carbocycles. The Kier molecular flexibility index (Phi) is 2.82. The lowest BCUT2D eigenvalue weighted by atomic mass is 9.77. The molecule has 1 aliphatic rings. The topological polar surface area (TPSA) is 55.1 Å². The molecule has 0 spiro atoms. The Labute approximate surface area is 113 Å². The maximum absolute atomic E-state index is 4.46. The average molecular weight is 259 g/mol. The van der Waals surface area contributed by atoms with Crippen LogP contribution in [-0.2, 0) is 0 Å². The largest absolute Gasteiger partial charge is 0.307 e. The lowest BCUT2D eigenvalue weighted by Crippen LogP contribution is -2.40. The molecular weight excluding hydrogens is 238 g/mol. The Morgan fingerprint density at radius 3 is 2.84 bits per heavy atom. The highest BCUT2D eigenvalue weighted by Crippen LogP contribution is 2.39. The van der Waals surface area contributed by atoms with Crippen molar-refractivity contribution in [2.75, 3.05) is 6.54 Å². The third-order valence-corrected chi connectivity index (χ3v) is 4.10. The summed E-state index contributed by atoms with van der Waals surface area (Å²) in [4.78, 5) is 4.46. The highest BCUT2D eigenvalue weighted by atomic mass is 15.3. The zero-order valence-corrected chi connectivity index (χ0v) is 12.1. The molecule has 5 nitrogen and oxygen atoms in total. The first-order valence-electron chi connectivity index (χ1n) is 6.92. The van der Waals surface area contributed by atoms with Crippen molar-refractivity contribution in [3.63, 3.8) is 0 Å². The van der Waals surface area contributed by atoms with Crippen LogP contribution in [0.5, 0.6) is 0 Å². The first-order chi connectivity index (χ1) is 8.99. The summed E-state index contributed by atoms with van der Waals surface area (Å²) >= 11 is 0. The molecular formula is C14H21N5. The SMILES string of the molecule is Cc1cc(C)n2c(C3NCCCC3(C)C)nnc2n1. The van der Waals surface area contributed by atoms with Crippen LogP contribution in [-0.4, -0.2) is 26.1 Å². The molecule has 1 fully saturated rings. The van der Waals surface area contributed by atoms with E-state index in [1.54, 1.807) is 0 Å². The fourth-order valence-corrected chi connectivity index (χ4v) is 3.09. The van der Waals surface area contributed by atoms with Gasteiger partial charge in [-0.1, -0.05) is 13.8 Å². The van der Waals surface area contributed by atoms with Crippen LogP contribution in [0.15, 0.2) is 6.07 Å². The summed E-state index contributed by atoms with van der Waals surface area (Å²) < 4.78 is 2.08. The van der Waals surface area contributed by atoms with Gasteiger partial charge in [-0.25, -0.2) is 4.98 Å². The minimum Gasteiger partial charge on any atom is -0.307 e. The number of piperidine rings is 1. The van der Waals surface area contributed by atoms with E-state index in [4.69, 9.17) is 0 Å². The number of nitrogens with one attached hydrogen (secondary N) is 1. The van der Waals surface area contributed by atoms with Gasteiger partial charge in [-0.15, -0.1) is 10.2 Å². The van der Waals surface area contributed by atoms with E-state index in [0.29, 0.717) is 5.78 Å². The predicted octanol–water partition coefficient (Wildman–Crippen LogP) is 2.19. The van der Waals surface area contributed by atoms with Crippen LogP contribution >= 0.6 is 0 Å². The number of hydrogen-bond acceptors (Lipinski definition) is 4. The van der Waals surface area contributed by atoms with Crippen LogP contribution in [0, 0.1) is 19.3 Å². The molecule has 5 heteroatoms. The molecule has 3 heterocycles. The zero-order chi connectivity index (χ0) is 13.6. The first-order valence-corrected chi connectivity index (χ1v) is 6.92. The van der Waals surface area contributed by atoms with E-state index in [1.165, 1.54) is 12.8 Å². The van der Waals surface area contributed by atoms with E-state index in [1.807, 2.05) is 6.92 Å². The summed E-state index contributed by atoms with van der Waals surface area (Å²) in [6, 6.07) is 2.31. The zero-order valence-electron chi connectivity index (χ0n) is 12.1. The van der Waals surface area contributed by atoms with Gasteiger partial charge in [0.05, 0.1) is 6.04 Å². The highest BCUT2D eigenvalue weighted by molar-refractivity contribution is 5.33. The van der Waals surface area contributed by atoms with Crippen LogP contribution in [0.3, 0.4) is 0 Å². The third-order valence-electron chi connectivity index (χ3n) is 4.10. The molecule has 0 amide bonds. The smallest absolute Gasteiger partial charge is 0.255 e. The van der Waals surface area contributed by atoms with Crippen molar-refractivity contribution in [1.29, 1.82) is 0 Å². The van der Waals surface area contributed by atoms with E-state index in [0.717, 1.165) is 23.8 Å². The lowest BCUT2D eigenvalue weighted by Gasteiger charge is -2.38. The minimum atomic E-state index is 0.193. The van der Waals surface area contributed by atoms with E-state index in [2.05, 4.69) is 51.7 Å². The van der Waals surface area contributed by atoms with Crippen molar-refractivity contribution < 1.29 is 0 Å². The molecule has 0 radical (unpaired) electrons. The van der Waals surface area contributed by atoms with E-state index < -0.39 is 0 Å². The Morgan fingerprint density at radius 1 is 1.32 bits per heavy atom. The molecule has 1 aliphatic heterocycles. The summed E-state index contributed by atoms with van der Waals surface area (Å²) in [6.45, 7) is 9.71. The van der Waals surface area contributed by atoms with Gasteiger partial charge in [-0.3, -0.25) is 4.40 Å². The van der Waals surface area contributed by atoms with Crippen molar-refractivity contribution in [3.8, 4) is 0 Å². The van der Waals surface area contributed by atoms with Crippen LogP contribution in [0.2, 0.25) is 0 Å². The summed E-state index contributed by atoms with van der Waals surface area (Å²) in [5.74, 6) is 1.69. The fraction of sp³-hybridized carbons (Fsp3) is 0.643. The second-order valence-electron chi connectivity index (χ2n) is 6.21. The van der Waals surface area contributed by atoms with Gasteiger partial charge < -0.3 is 5.32 Å². The number of fused-ring (bicyclic) bond motifs is 1. The van der Waals surface area contributed by atoms with Crippen molar-refractivity contribution in [3.05, 3.63) is 23.3 Å². The monoisotopic (exact) mass is 259 g/mol. The van der Waals surface area contributed by atoms with Crippen molar-refractivity contribution in [2.24, 2.45) is 5.41 Å². The summed E-state index contributed by atoms with van der Waals surface area (Å²) in [6.07, 6.45) is 2.43. The molecule has 1 unspecified atom stereocenters. The average Bonchev–Trinajstić information content (AvgIpc) is 2.72. The third kappa shape index (κ3) is 2.02. The molecule has 0 saturated carbocycles. The normalized spacial score (nSPS) is 22.8. The van der Waals surface area contributed by atoms with Crippen LogP contribution in [0.25, 0.3) is 5.78 Å². The summed E-state index contributed by atoms with van der Waals surface area (Å²) in [7, 11) is 0. The van der Waals surface area contributed by atoms with Gasteiger partial charge in [-0.2, -0.15) is 0 Å². The van der Waals surface area contributed by atoms with Gasteiger partial charge in [0.2, 0.25) is 0 Å². The summed E-state index contributed by atoms with van der Waals surface area (Å²) in [5.41, 5.74) is 2.32. The standard InChI is InChI=1S/C14H21N5/c1-9-8-10(2)19-12(17-18-13(19)16-9)11-14(3,4)6-5-7-15-11/h8,11,15H,5-7H2,1-4H3. The highest BCUT2D eigenvalue weighted by Gasteiger charge is 2.36. The first kappa shape index (κ1) is 12.5. The number of hydrogen-bond donors (Lipinski definition) is 1. The minimum absolute atomic E-state index is 0.193. The van der Waals surface area contributed by atoms with Crippen molar-refractivity contribution in [2.45, 2.75) is 46.6 Å². The molecule has 3 rings (SSSR count). The number of aryl methyl sites for hydroxylation is 2. The van der Waals surface area contributed by atoms with Gasteiger partial charge in [-0.05, 0) is 44.7 Å². The molecule has 2 aromatic rings. The Bertz CT molecular complexity index is 614. The van der Waals surface area contributed by atoms with Crippen LogP contribution in [0.4, 0.5) is 0 Å². The predicted molar refractivity (Wildman–Crippen MR) is 74.0 cm³/mol. The second-order valence-corrected chi connectivity index (χ2v) is 6.21. The Hall–Kier alpha value is -1.49. The van der Waals surface area contributed by atoms with Gasteiger partial charge in [0, 0.05) is 11.4 Å². The molecule has 0 aromatic carbocycles. The summed E-state index contributed by atoms with van der Waals surface area (Å²) in [5, 5.41) is 12.2. The fourth-order valence-electron chi connectivity index (χ4n) is 3.09. The molecule has 102 valence electrons. The van der Waals surface area contributed by atoms with Gasteiger partial charge in [0.15, 0.2) is 5.82 Å². The lowest BCUT2D eigenvalue weighted by molar-refractivity contribution is 0.173. The molecule has 2 aromatic heterocycles. The number of aromatic nitrogens is 4. The molecule has 1 saturated heterocycles. The van der Waals surface area contributed by atoms with Crippen molar-refractivity contribution >= 4 is 5.78 Å².